The molecule has 0 aliphatic carbocycles. The van der Waals surface area contributed by atoms with Crippen LogP contribution in [0, 0.1) is 0 Å². The Hall–Kier alpha value is -4.87. The largest absolute Gasteiger partial charge is 0.495 e. The van der Waals surface area contributed by atoms with Crippen molar-refractivity contribution in [3.8, 4) is 11.5 Å². The lowest BCUT2D eigenvalue weighted by Gasteiger charge is -2.37. The molecular weight excluding hydrogens is 643 g/mol. The maximum absolute atomic E-state index is 14.5. The number of rotatable bonds is 12. The van der Waals surface area contributed by atoms with Crippen LogP contribution in [0.5, 0.6) is 11.5 Å². The lowest BCUT2D eigenvalue weighted by molar-refractivity contribution is -0.118. The van der Waals surface area contributed by atoms with Gasteiger partial charge < -0.3 is 20.1 Å². The zero-order valence-electron chi connectivity index (χ0n) is 26.4. The molecule has 4 aromatic rings. The number of amides is 3. The molecule has 0 bridgehead atoms. The molecule has 0 fully saturated rings. The standard InChI is InChI=1S/C34H34Cl2N6O5/c1-5-23(43)15-20-10-9-11-21(14-20)18-42-32-22(17-37-33(40-32)39-25-13-8-7-12-24(25)38-28(44)6-2)19-41(34(42)45)31-29(35)26(46-3)16-27(47-4)30(31)36/h7-14,16-17H,5-6,15,18-19H2,1-4H3,(H,38,44)(H,37,39,40). The molecule has 1 aliphatic heterocycles. The van der Waals surface area contributed by atoms with Crippen LogP contribution in [0.1, 0.15) is 43.4 Å². The Labute approximate surface area is 282 Å². The van der Waals surface area contributed by atoms with Crippen molar-refractivity contribution in [2.75, 3.05) is 34.7 Å². The predicted octanol–water partition coefficient (Wildman–Crippen LogP) is 7.56. The van der Waals surface area contributed by atoms with E-state index in [2.05, 4.69) is 15.6 Å². The minimum absolute atomic E-state index is 0.0505. The predicted molar refractivity (Wildman–Crippen MR) is 183 cm³/mol. The van der Waals surface area contributed by atoms with Crippen LogP contribution in [0.25, 0.3) is 0 Å². The second kappa shape index (κ2) is 14.7. The van der Waals surface area contributed by atoms with Crippen LogP contribution in [-0.2, 0) is 29.1 Å². The van der Waals surface area contributed by atoms with E-state index >= 15 is 0 Å². The number of ether oxygens (including phenoxy) is 2. The summed E-state index contributed by atoms with van der Waals surface area (Å²) in [5.74, 6) is 1.13. The van der Waals surface area contributed by atoms with Crippen LogP contribution in [-0.4, -0.2) is 41.9 Å². The van der Waals surface area contributed by atoms with Gasteiger partial charge in [-0.05, 0) is 23.3 Å². The molecule has 3 aromatic carbocycles. The third-order valence-corrected chi connectivity index (χ3v) is 8.34. The topological polar surface area (TPSA) is 126 Å². The molecule has 0 spiro atoms. The van der Waals surface area contributed by atoms with Gasteiger partial charge in [-0.15, -0.1) is 0 Å². The molecule has 5 rings (SSSR count). The Morgan fingerprint density at radius 1 is 0.915 bits per heavy atom. The number of urea groups is 1. The van der Waals surface area contributed by atoms with Crippen LogP contribution >= 0.6 is 23.2 Å². The van der Waals surface area contributed by atoms with E-state index in [1.54, 1.807) is 31.3 Å². The summed E-state index contributed by atoms with van der Waals surface area (Å²) in [4.78, 5) is 51.0. The SMILES string of the molecule is CCC(=O)Cc1cccc(CN2C(=O)N(c3c(Cl)c(OC)cc(OC)c3Cl)Cc3cnc(Nc4ccccc4NC(=O)CC)nc32)c1. The highest BCUT2D eigenvalue weighted by Crippen LogP contribution is 2.48. The van der Waals surface area contributed by atoms with Crippen LogP contribution < -0.4 is 29.9 Å². The number of carbonyl (C=O) groups excluding carboxylic acids is 3. The van der Waals surface area contributed by atoms with Gasteiger partial charge >= 0.3 is 6.03 Å². The van der Waals surface area contributed by atoms with Gasteiger partial charge in [0.05, 0.1) is 44.4 Å². The van der Waals surface area contributed by atoms with E-state index in [-0.39, 0.29) is 58.0 Å². The third-order valence-electron chi connectivity index (χ3n) is 7.60. The Morgan fingerprint density at radius 3 is 2.26 bits per heavy atom. The van der Waals surface area contributed by atoms with E-state index in [4.69, 9.17) is 37.7 Å². The van der Waals surface area contributed by atoms with E-state index in [9.17, 15) is 14.4 Å². The highest BCUT2D eigenvalue weighted by atomic mass is 35.5. The van der Waals surface area contributed by atoms with Crippen LogP contribution in [0.15, 0.2) is 60.8 Å². The highest BCUT2D eigenvalue weighted by Gasteiger charge is 2.37. The van der Waals surface area contributed by atoms with Gasteiger partial charge in [-0.1, -0.05) is 73.4 Å². The quantitative estimate of drug-likeness (QED) is 0.157. The molecule has 0 saturated carbocycles. The van der Waals surface area contributed by atoms with Gasteiger partial charge in [0.2, 0.25) is 11.9 Å². The van der Waals surface area contributed by atoms with Crippen molar-refractivity contribution in [2.45, 2.75) is 46.2 Å². The molecule has 0 atom stereocenters. The number of carbonyl (C=O) groups is 3. The molecule has 2 N–H and O–H groups in total. The van der Waals surface area contributed by atoms with Crippen LogP contribution in [0.2, 0.25) is 10.0 Å². The van der Waals surface area contributed by atoms with Gasteiger partial charge in [-0.25, -0.2) is 9.78 Å². The molecule has 244 valence electrons. The maximum Gasteiger partial charge on any atom is 0.330 e. The molecule has 0 unspecified atom stereocenters. The van der Waals surface area contributed by atoms with Crippen molar-refractivity contribution in [1.82, 2.24) is 9.97 Å². The first-order valence-corrected chi connectivity index (χ1v) is 15.7. The molecule has 0 radical (unpaired) electrons. The number of Topliss-reactive ketones (excluding diaryl/α,β-unsaturated/α-hetero) is 1. The number of hydrogen-bond donors (Lipinski definition) is 2. The fourth-order valence-electron chi connectivity index (χ4n) is 5.14. The van der Waals surface area contributed by atoms with Crippen molar-refractivity contribution in [1.29, 1.82) is 0 Å². The normalized spacial score (nSPS) is 12.4. The summed E-state index contributed by atoms with van der Waals surface area (Å²) in [5.41, 5.74) is 3.61. The lowest BCUT2D eigenvalue weighted by Crippen LogP contribution is -2.48. The smallest absolute Gasteiger partial charge is 0.330 e. The van der Waals surface area contributed by atoms with Gasteiger partial charge in [-0.3, -0.25) is 19.4 Å². The number of methoxy groups -OCH3 is 2. The van der Waals surface area contributed by atoms with Gasteiger partial charge in [0.25, 0.3) is 0 Å². The number of nitrogens with one attached hydrogen (secondary N) is 2. The second-order valence-electron chi connectivity index (χ2n) is 10.7. The summed E-state index contributed by atoms with van der Waals surface area (Å²) in [7, 11) is 2.92. The number of ketones is 1. The number of fused-ring (bicyclic) bond motifs is 1. The summed E-state index contributed by atoms with van der Waals surface area (Å²) in [5, 5.41) is 6.33. The molecule has 1 aliphatic rings. The number of benzene rings is 3. The van der Waals surface area contributed by atoms with E-state index in [1.165, 1.54) is 24.0 Å². The number of hydrogen-bond acceptors (Lipinski definition) is 8. The Balaban J connectivity index is 1.58. The first-order chi connectivity index (χ1) is 22.7. The molecule has 13 heteroatoms. The molecule has 1 aromatic heterocycles. The van der Waals surface area contributed by atoms with Crippen LogP contribution in [0.3, 0.4) is 0 Å². The number of halogens is 2. The van der Waals surface area contributed by atoms with Gasteiger partial charge in [0.15, 0.2) is 0 Å². The maximum atomic E-state index is 14.5. The average molecular weight is 678 g/mol. The van der Waals surface area contributed by atoms with Crippen LogP contribution in [0.4, 0.5) is 33.6 Å². The molecule has 47 heavy (non-hydrogen) atoms. The number of anilines is 5. The van der Waals surface area contributed by atoms with Gasteiger partial charge in [-0.2, -0.15) is 4.98 Å². The van der Waals surface area contributed by atoms with E-state index in [0.717, 1.165) is 11.1 Å². The minimum atomic E-state index is -0.452. The summed E-state index contributed by atoms with van der Waals surface area (Å²) in [6.07, 6.45) is 2.67. The summed E-state index contributed by atoms with van der Waals surface area (Å²) < 4.78 is 10.9. The number of para-hydroxylation sites is 2. The zero-order chi connectivity index (χ0) is 33.7. The molecular formula is C34H34Cl2N6O5. The number of aromatic nitrogens is 2. The van der Waals surface area contributed by atoms with Crippen molar-refractivity contribution < 1.29 is 23.9 Å². The summed E-state index contributed by atoms with van der Waals surface area (Å²) in [6.45, 7) is 3.77. The molecule has 3 amide bonds. The number of nitrogens with zero attached hydrogens (tertiary/aromatic N) is 4. The first kappa shape index (κ1) is 33.5. The Bertz CT molecular complexity index is 1810. The van der Waals surface area contributed by atoms with E-state index in [0.29, 0.717) is 42.0 Å². The highest BCUT2D eigenvalue weighted by molar-refractivity contribution is 6.42. The van der Waals surface area contributed by atoms with Crippen molar-refractivity contribution >= 4 is 69.8 Å². The first-order valence-electron chi connectivity index (χ1n) is 15.0. The molecule has 0 saturated heterocycles. The van der Waals surface area contributed by atoms with Crippen molar-refractivity contribution in [3.05, 3.63) is 87.5 Å². The van der Waals surface area contributed by atoms with Crippen molar-refractivity contribution in [3.63, 3.8) is 0 Å². The fraction of sp³-hybridized carbons (Fsp3) is 0.265. The lowest BCUT2D eigenvalue weighted by atomic mass is 10.0. The Kier molecular flexibility index (Phi) is 10.5. The van der Waals surface area contributed by atoms with Crippen molar-refractivity contribution in [2.24, 2.45) is 0 Å². The van der Waals surface area contributed by atoms with Gasteiger partial charge in [0, 0.05) is 37.1 Å². The van der Waals surface area contributed by atoms with E-state index in [1.807, 2.05) is 43.3 Å². The molecule has 11 nitrogen and oxygen atoms in total. The second-order valence-corrected chi connectivity index (χ2v) is 11.5. The summed E-state index contributed by atoms with van der Waals surface area (Å²) >= 11 is 13.5. The van der Waals surface area contributed by atoms with Gasteiger partial charge in [0.1, 0.15) is 33.1 Å². The summed E-state index contributed by atoms with van der Waals surface area (Å²) in [6, 6.07) is 15.8. The molecule has 2 heterocycles. The third kappa shape index (κ3) is 7.26. The fourth-order valence-corrected chi connectivity index (χ4v) is 5.84. The Morgan fingerprint density at radius 2 is 1.60 bits per heavy atom. The van der Waals surface area contributed by atoms with E-state index < -0.39 is 6.03 Å². The monoisotopic (exact) mass is 676 g/mol. The zero-order valence-corrected chi connectivity index (χ0v) is 27.9. The minimum Gasteiger partial charge on any atom is -0.495 e. The average Bonchev–Trinajstić information content (AvgIpc) is 3.07.